The van der Waals surface area contributed by atoms with Crippen molar-refractivity contribution >= 4 is 16.7 Å². The average Bonchev–Trinajstić information content (AvgIpc) is 3.23. The molecule has 7 heteroatoms. The fourth-order valence-corrected chi connectivity index (χ4v) is 4.77. The molecule has 7 nitrogen and oxygen atoms in total. The summed E-state index contributed by atoms with van der Waals surface area (Å²) in [6, 6.07) is 10.3. The number of piperidine rings is 1. The van der Waals surface area contributed by atoms with Crippen LogP contribution in [0.4, 0.5) is 5.82 Å². The van der Waals surface area contributed by atoms with Gasteiger partial charge in [0, 0.05) is 30.6 Å². The molecular formula is C23H28N6O. The number of anilines is 1. The molecule has 1 aliphatic carbocycles. The van der Waals surface area contributed by atoms with Gasteiger partial charge in [-0.1, -0.05) is 18.6 Å². The third-order valence-electron chi connectivity index (χ3n) is 6.42. The summed E-state index contributed by atoms with van der Waals surface area (Å²) in [5, 5.41) is 9.24. The SMILES string of the molecule is O=c1cc2c(nn1CCN1CCCCC1CNc1ncnc3ccccc13)CCC2. The van der Waals surface area contributed by atoms with E-state index in [2.05, 4.69) is 31.3 Å². The first-order valence-electron chi connectivity index (χ1n) is 11.1. The Morgan fingerprint density at radius 3 is 2.97 bits per heavy atom. The smallest absolute Gasteiger partial charge is 0.267 e. The van der Waals surface area contributed by atoms with E-state index >= 15 is 0 Å². The molecule has 0 amide bonds. The predicted molar refractivity (Wildman–Crippen MR) is 118 cm³/mol. The molecule has 1 aliphatic heterocycles. The van der Waals surface area contributed by atoms with Crippen LogP contribution >= 0.6 is 0 Å². The Morgan fingerprint density at radius 1 is 1.07 bits per heavy atom. The first kappa shape index (κ1) is 19.2. The maximum Gasteiger partial charge on any atom is 0.267 e. The summed E-state index contributed by atoms with van der Waals surface area (Å²) in [7, 11) is 0. The van der Waals surface area contributed by atoms with Crippen LogP contribution in [0.3, 0.4) is 0 Å². The Bertz CT molecular complexity index is 1090. The lowest BCUT2D eigenvalue weighted by Gasteiger charge is -2.36. The number of rotatable bonds is 6. The van der Waals surface area contributed by atoms with Gasteiger partial charge in [0.15, 0.2) is 0 Å². The van der Waals surface area contributed by atoms with Gasteiger partial charge in [-0.05, 0) is 56.3 Å². The molecule has 0 radical (unpaired) electrons. The lowest BCUT2D eigenvalue weighted by atomic mass is 10.0. The van der Waals surface area contributed by atoms with E-state index in [0.717, 1.165) is 73.3 Å². The highest BCUT2D eigenvalue weighted by molar-refractivity contribution is 5.88. The molecule has 0 saturated carbocycles. The fraction of sp³-hybridized carbons (Fsp3) is 0.478. The van der Waals surface area contributed by atoms with E-state index in [1.807, 2.05) is 18.2 Å². The Hall–Kier alpha value is -2.80. The Balaban J connectivity index is 1.25. The summed E-state index contributed by atoms with van der Waals surface area (Å²) >= 11 is 0. The van der Waals surface area contributed by atoms with E-state index in [4.69, 9.17) is 0 Å². The Morgan fingerprint density at radius 2 is 2.00 bits per heavy atom. The third kappa shape index (κ3) is 3.94. The summed E-state index contributed by atoms with van der Waals surface area (Å²) in [5.74, 6) is 0.891. The van der Waals surface area contributed by atoms with Crippen molar-refractivity contribution in [3.8, 4) is 0 Å². The lowest BCUT2D eigenvalue weighted by molar-refractivity contribution is 0.148. The number of hydrogen-bond acceptors (Lipinski definition) is 6. The van der Waals surface area contributed by atoms with Crippen molar-refractivity contribution in [3.63, 3.8) is 0 Å². The fourth-order valence-electron chi connectivity index (χ4n) is 4.77. The molecule has 1 aromatic carbocycles. The normalized spacial score (nSPS) is 19.1. The topological polar surface area (TPSA) is 75.9 Å². The molecule has 1 unspecified atom stereocenters. The first-order valence-corrected chi connectivity index (χ1v) is 11.1. The first-order chi connectivity index (χ1) is 14.8. The summed E-state index contributed by atoms with van der Waals surface area (Å²) in [6.07, 6.45) is 8.33. The second-order valence-electron chi connectivity index (χ2n) is 8.34. The quantitative estimate of drug-likeness (QED) is 0.681. The minimum atomic E-state index is 0.0368. The van der Waals surface area contributed by atoms with Gasteiger partial charge < -0.3 is 5.32 Å². The molecule has 3 aromatic rings. The average molecular weight is 405 g/mol. The molecule has 156 valence electrons. The van der Waals surface area contributed by atoms with Gasteiger partial charge >= 0.3 is 0 Å². The molecule has 2 aliphatic rings. The van der Waals surface area contributed by atoms with Crippen molar-refractivity contribution in [1.29, 1.82) is 0 Å². The number of para-hydroxylation sites is 1. The number of likely N-dealkylation sites (tertiary alicyclic amines) is 1. The molecule has 3 heterocycles. The highest BCUT2D eigenvalue weighted by Gasteiger charge is 2.23. The molecule has 0 bridgehead atoms. The van der Waals surface area contributed by atoms with Gasteiger partial charge in [-0.15, -0.1) is 0 Å². The van der Waals surface area contributed by atoms with Crippen molar-refractivity contribution in [3.05, 3.63) is 58.3 Å². The number of benzene rings is 1. The van der Waals surface area contributed by atoms with Crippen LogP contribution in [0.15, 0.2) is 41.5 Å². The van der Waals surface area contributed by atoms with Gasteiger partial charge in [0.1, 0.15) is 12.1 Å². The van der Waals surface area contributed by atoms with Crippen molar-refractivity contribution in [1.82, 2.24) is 24.6 Å². The summed E-state index contributed by atoms with van der Waals surface area (Å²) in [4.78, 5) is 23.7. The maximum absolute atomic E-state index is 12.4. The van der Waals surface area contributed by atoms with E-state index in [9.17, 15) is 4.79 Å². The number of aromatic nitrogens is 4. The largest absolute Gasteiger partial charge is 0.368 e. The van der Waals surface area contributed by atoms with E-state index < -0.39 is 0 Å². The van der Waals surface area contributed by atoms with Crippen LogP contribution in [0.1, 0.15) is 36.9 Å². The van der Waals surface area contributed by atoms with E-state index in [0.29, 0.717) is 12.6 Å². The Labute approximate surface area is 176 Å². The maximum atomic E-state index is 12.4. The van der Waals surface area contributed by atoms with Crippen LogP contribution in [-0.2, 0) is 19.4 Å². The molecule has 30 heavy (non-hydrogen) atoms. The zero-order valence-electron chi connectivity index (χ0n) is 17.3. The van der Waals surface area contributed by atoms with Crippen molar-refractivity contribution in [2.24, 2.45) is 0 Å². The van der Waals surface area contributed by atoms with Crippen LogP contribution in [0.25, 0.3) is 10.9 Å². The summed E-state index contributed by atoms with van der Waals surface area (Å²) in [6.45, 7) is 3.41. The van der Waals surface area contributed by atoms with Crippen molar-refractivity contribution in [2.75, 3.05) is 25.0 Å². The zero-order valence-corrected chi connectivity index (χ0v) is 17.3. The number of fused-ring (bicyclic) bond motifs is 2. The van der Waals surface area contributed by atoms with Gasteiger partial charge in [-0.2, -0.15) is 5.10 Å². The van der Waals surface area contributed by atoms with Gasteiger partial charge in [0.25, 0.3) is 5.56 Å². The highest BCUT2D eigenvalue weighted by atomic mass is 16.1. The second-order valence-corrected chi connectivity index (χ2v) is 8.34. The van der Waals surface area contributed by atoms with E-state index in [-0.39, 0.29) is 5.56 Å². The monoisotopic (exact) mass is 404 g/mol. The van der Waals surface area contributed by atoms with Gasteiger partial charge in [-0.3, -0.25) is 9.69 Å². The summed E-state index contributed by atoms with van der Waals surface area (Å²) in [5.41, 5.74) is 3.25. The second kappa shape index (κ2) is 8.52. The molecule has 1 atom stereocenters. The molecule has 1 saturated heterocycles. The van der Waals surface area contributed by atoms with Crippen LogP contribution in [0.2, 0.25) is 0 Å². The van der Waals surface area contributed by atoms with Crippen LogP contribution in [0, 0.1) is 0 Å². The molecule has 0 spiro atoms. The molecule has 1 fully saturated rings. The third-order valence-corrected chi connectivity index (χ3v) is 6.42. The predicted octanol–water partition coefficient (Wildman–Crippen LogP) is 2.64. The minimum Gasteiger partial charge on any atom is -0.368 e. The minimum absolute atomic E-state index is 0.0368. The van der Waals surface area contributed by atoms with Gasteiger partial charge in [0.05, 0.1) is 17.8 Å². The lowest BCUT2D eigenvalue weighted by Crippen LogP contribution is -2.45. The molecular weight excluding hydrogens is 376 g/mol. The number of nitrogens with zero attached hydrogens (tertiary/aromatic N) is 5. The molecule has 1 N–H and O–H groups in total. The van der Waals surface area contributed by atoms with Crippen LogP contribution in [0.5, 0.6) is 0 Å². The van der Waals surface area contributed by atoms with Crippen LogP contribution in [-0.4, -0.2) is 50.3 Å². The van der Waals surface area contributed by atoms with Crippen molar-refractivity contribution < 1.29 is 0 Å². The summed E-state index contributed by atoms with van der Waals surface area (Å²) < 4.78 is 1.67. The molecule has 2 aromatic heterocycles. The number of nitrogens with one attached hydrogen (secondary N) is 1. The van der Waals surface area contributed by atoms with E-state index in [1.165, 1.54) is 12.8 Å². The zero-order chi connectivity index (χ0) is 20.3. The number of aryl methyl sites for hydroxylation is 2. The highest BCUT2D eigenvalue weighted by Crippen LogP contribution is 2.21. The van der Waals surface area contributed by atoms with Gasteiger partial charge in [0.2, 0.25) is 0 Å². The van der Waals surface area contributed by atoms with Crippen molar-refractivity contribution in [2.45, 2.75) is 51.1 Å². The Kier molecular flexibility index (Phi) is 5.45. The molecule has 5 rings (SSSR count). The number of hydrogen-bond donors (Lipinski definition) is 1. The van der Waals surface area contributed by atoms with E-state index in [1.54, 1.807) is 17.1 Å². The standard InChI is InChI=1S/C23H28N6O/c30-22-14-17-6-5-10-20(17)27-29(22)13-12-28-11-4-3-7-18(28)15-24-23-19-8-1-2-9-21(19)25-16-26-23/h1-2,8-9,14,16,18H,3-7,10-13,15H2,(H,24,25,26). The van der Waals surface area contributed by atoms with Crippen LogP contribution < -0.4 is 10.9 Å². The van der Waals surface area contributed by atoms with Gasteiger partial charge in [-0.25, -0.2) is 14.6 Å².